The van der Waals surface area contributed by atoms with Gasteiger partial charge in [0.25, 0.3) is 5.91 Å². The van der Waals surface area contributed by atoms with Crippen molar-refractivity contribution < 1.29 is 19.1 Å². The Hall–Kier alpha value is -2.61. The van der Waals surface area contributed by atoms with Gasteiger partial charge in [-0.25, -0.2) is 4.98 Å². The molecule has 1 aromatic heterocycles. The Morgan fingerprint density at radius 2 is 1.94 bits per heavy atom. The lowest BCUT2D eigenvalue weighted by molar-refractivity contribution is -0.121. The van der Waals surface area contributed by atoms with E-state index in [-0.39, 0.29) is 29.7 Å². The molecule has 0 saturated heterocycles. The number of anilines is 1. The number of hydrogen-bond donors (Lipinski definition) is 2. The monoisotopic (exact) mass is 445 g/mol. The number of benzene rings is 1. The number of hydrogen-bond acceptors (Lipinski definition) is 6. The molecule has 1 saturated carbocycles. The smallest absolute Gasteiger partial charge is 0.257 e. The standard InChI is InChI=1S/C23H31N3O4S/c1-14-8-16(12-23(2,3)11-14)24-20(27)10-17-13-31-22(25-17)26-21(28)15-6-7-18(29-4)19(9-15)30-5/h6-7,9,13-14,16H,8,10-12H2,1-5H3,(H,24,27)(H,25,26,28). The van der Waals surface area contributed by atoms with Gasteiger partial charge in [-0.3, -0.25) is 14.9 Å². The zero-order valence-electron chi connectivity index (χ0n) is 18.8. The predicted molar refractivity (Wildman–Crippen MR) is 122 cm³/mol. The first-order chi connectivity index (χ1) is 14.7. The minimum Gasteiger partial charge on any atom is -0.493 e. The highest BCUT2D eigenvalue weighted by Gasteiger charge is 2.32. The topological polar surface area (TPSA) is 89.5 Å². The van der Waals surface area contributed by atoms with Crippen molar-refractivity contribution in [1.29, 1.82) is 0 Å². The molecule has 2 amide bonds. The highest BCUT2D eigenvalue weighted by atomic mass is 32.1. The van der Waals surface area contributed by atoms with Crippen LogP contribution < -0.4 is 20.1 Å². The van der Waals surface area contributed by atoms with Crippen LogP contribution in [0.1, 0.15) is 56.1 Å². The van der Waals surface area contributed by atoms with E-state index in [1.807, 2.05) is 0 Å². The molecule has 31 heavy (non-hydrogen) atoms. The third-order valence-electron chi connectivity index (χ3n) is 5.51. The van der Waals surface area contributed by atoms with E-state index >= 15 is 0 Å². The van der Waals surface area contributed by atoms with Crippen LogP contribution in [0.4, 0.5) is 5.13 Å². The molecular formula is C23H31N3O4S. The molecule has 1 aromatic carbocycles. The number of carbonyl (C=O) groups excluding carboxylic acids is 2. The number of rotatable bonds is 7. The van der Waals surface area contributed by atoms with Crippen molar-refractivity contribution in [2.24, 2.45) is 11.3 Å². The summed E-state index contributed by atoms with van der Waals surface area (Å²) in [5.41, 5.74) is 1.33. The highest BCUT2D eigenvalue weighted by Crippen LogP contribution is 2.38. The Bertz CT molecular complexity index is 941. The van der Waals surface area contributed by atoms with Crippen LogP contribution in [-0.2, 0) is 11.2 Å². The molecule has 2 aromatic rings. The Labute approximate surface area is 187 Å². The largest absolute Gasteiger partial charge is 0.493 e. The molecule has 0 spiro atoms. The van der Waals surface area contributed by atoms with Gasteiger partial charge in [0.05, 0.1) is 26.3 Å². The molecule has 1 fully saturated rings. The molecule has 0 radical (unpaired) electrons. The number of methoxy groups -OCH3 is 2. The third-order valence-corrected chi connectivity index (χ3v) is 6.32. The number of nitrogens with one attached hydrogen (secondary N) is 2. The maximum absolute atomic E-state index is 12.5. The van der Waals surface area contributed by atoms with Crippen molar-refractivity contribution in [2.75, 3.05) is 19.5 Å². The van der Waals surface area contributed by atoms with Gasteiger partial charge >= 0.3 is 0 Å². The fourth-order valence-corrected chi connectivity index (χ4v) is 5.20. The van der Waals surface area contributed by atoms with Gasteiger partial charge in [0.15, 0.2) is 16.6 Å². The summed E-state index contributed by atoms with van der Waals surface area (Å²) in [6.45, 7) is 6.76. The summed E-state index contributed by atoms with van der Waals surface area (Å²) in [4.78, 5) is 29.5. The van der Waals surface area contributed by atoms with E-state index in [4.69, 9.17) is 9.47 Å². The van der Waals surface area contributed by atoms with E-state index in [9.17, 15) is 9.59 Å². The molecule has 1 heterocycles. The fourth-order valence-electron chi connectivity index (χ4n) is 4.49. The molecule has 0 aliphatic heterocycles. The lowest BCUT2D eigenvalue weighted by atomic mass is 9.70. The Morgan fingerprint density at radius 1 is 1.19 bits per heavy atom. The molecule has 0 bridgehead atoms. The van der Waals surface area contributed by atoms with Crippen LogP contribution in [0.25, 0.3) is 0 Å². The summed E-state index contributed by atoms with van der Waals surface area (Å²) in [5.74, 6) is 1.30. The van der Waals surface area contributed by atoms with Crippen LogP contribution in [0.3, 0.4) is 0 Å². The number of aromatic nitrogens is 1. The van der Waals surface area contributed by atoms with E-state index < -0.39 is 0 Å². The Morgan fingerprint density at radius 3 is 2.61 bits per heavy atom. The fraction of sp³-hybridized carbons (Fsp3) is 0.522. The second-order valence-electron chi connectivity index (χ2n) is 9.02. The second-order valence-corrected chi connectivity index (χ2v) is 9.88. The van der Waals surface area contributed by atoms with E-state index in [0.29, 0.717) is 33.8 Å². The van der Waals surface area contributed by atoms with Crippen molar-refractivity contribution in [3.63, 3.8) is 0 Å². The maximum Gasteiger partial charge on any atom is 0.257 e. The van der Waals surface area contributed by atoms with Gasteiger partial charge in [0, 0.05) is 17.0 Å². The summed E-state index contributed by atoms with van der Waals surface area (Å²) in [6.07, 6.45) is 3.40. The summed E-state index contributed by atoms with van der Waals surface area (Å²) in [7, 11) is 3.06. The average molecular weight is 446 g/mol. The van der Waals surface area contributed by atoms with Gasteiger partial charge in [-0.05, 0) is 48.8 Å². The van der Waals surface area contributed by atoms with Crippen LogP contribution >= 0.6 is 11.3 Å². The van der Waals surface area contributed by atoms with Gasteiger partial charge in [0.2, 0.25) is 5.91 Å². The second kappa shape index (κ2) is 9.68. The first-order valence-electron chi connectivity index (χ1n) is 10.5. The average Bonchev–Trinajstić information content (AvgIpc) is 3.12. The molecule has 1 aliphatic rings. The maximum atomic E-state index is 12.5. The first kappa shape index (κ1) is 23.1. The van der Waals surface area contributed by atoms with Gasteiger partial charge in [-0.2, -0.15) is 0 Å². The van der Waals surface area contributed by atoms with E-state index in [2.05, 4.69) is 36.4 Å². The molecule has 8 heteroatoms. The van der Waals surface area contributed by atoms with Gasteiger partial charge in [-0.15, -0.1) is 11.3 Å². The quantitative estimate of drug-likeness (QED) is 0.664. The lowest BCUT2D eigenvalue weighted by Gasteiger charge is -2.39. The predicted octanol–water partition coefficient (Wildman–Crippen LogP) is 4.29. The van der Waals surface area contributed by atoms with Crippen LogP contribution in [0.2, 0.25) is 0 Å². The number of nitrogens with zero attached hydrogens (tertiary/aromatic N) is 1. The van der Waals surface area contributed by atoms with Crippen LogP contribution in [0.15, 0.2) is 23.6 Å². The van der Waals surface area contributed by atoms with Gasteiger partial charge < -0.3 is 14.8 Å². The Kier molecular flexibility index (Phi) is 7.20. The van der Waals surface area contributed by atoms with Crippen LogP contribution in [0.5, 0.6) is 11.5 Å². The minimum atomic E-state index is -0.301. The number of ether oxygens (including phenoxy) is 2. The zero-order chi connectivity index (χ0) is 22.6. The molecule has 2 atom stereocenters. The van der Waals surface area contributed by atoms with Crippen LogP contribution in [0, 0.1) is 11.3 Å². The van der Waals surface area contributed by atoms with E-state index in [1.165, 1.54) is 24.9 Å². The zero-order valence-corrected chi connectivity index (χ0v) is 19.6. The van der Waals surface area contributed by atoms with Gasteiger partial charge in [-0.1, -0.05) is 20.8 Å². The minimum absolute atomic E-state index is 0.0297. The van der Waals surface area contributed by atoms with Gasteiger partial charge in [0.1, 0.15) is 0 Å². The molecule has 168 valence electrons. The molecule has 1 aliphatic carbocycles. The van der Waals surface area contributed by atoms with Crippen molar-refractivity contribution >= 4 is 28.3 Å². The normalized spacial score (nSPS) is 20.0. The number of thiazole rings is 1. The van der Waals surface area contributed by atoms with Crippen molar-refractivity contribution in [3.8, 4) is 11.5 Å². The lowest BCUT2D eigenvalue weighted by Crippen LogP contribution is -2.43. The first-order valence-corrected chi connectivity index (χ1v) is 11.3. The SMILES string of the molecule is COc1ccc(C(=O)Nc2nc(CC(=O)NC3CC(C)CC(C)(C)C3)cs2)cc1OC. The number of carbonyl (C=O) groups is 2. The summed E-state index contributed by atoms with van der Waals surface area (Å²) in [6, 6.07) is 5.15. The summed E-state index contributed by atoms with van der Waals surface area (Å²) in [5, 5.41) is 8.20. The van der Waals surface area contributed by atoms with Crippen molar-refractivity contribution in [3.05, 3.63) is 34.8 Å². The molecule has 2 unspecified atom stereocenters. The van der Waals surface area contributed by atoms with E-state index in [0.717, 1.165) is 12.8 Å². The Balaban J connectivity index is 1.56. The third kappa shape index (κ3) is 6.19. The number of amides is 2. The van der Waals surface area contributed by atoms with Crippen molar-refractivity contribution in [2.45, 2.75) is 52.5 Å². The molecule has 2 N–H and O–H groups in total. The molecule has 7 nitrogen and oxygen atoms in total. The summed E-state index contributed by atoms with van der Waals surface area (Å²) < 4.78 is 10.4. The van der Waals surface area contributed by atoms with Crippen LogP contribution in [-0.4, -0.2) is 37.1 Å². The molecule has 3 rings (SSSR count). The summed E-state index contributed by atoms with van der Waals surface area (Å²) >= 11 is 1.30. The molecular weight excluding hydrogens is 414 g/mol. The van der Waals surface area contributed by atoms with E-state index in [1.54, 1.807) is 30.7 Å². The van der Waals surface area contributed by atoms with Crippen molar-refractivity contribution in [1.82, 2.24) is 10.3 Å². The highest BCUT2D eigenvalue weighted by molar-refractivity contribution is 7.14.